The van der Waals surface area contributed by atoms with Crippen LogP contribution in [-0.2, 0) is 17.5 Å². The van der Waals surface area contributed by atoms with Crippen LogP contribution in [0.25, 0.3) is 10.9 Å². The summed E-state index contributed by atoms with van der Waals surface area (Å²) in [6, 6.07) is 15.1. The Kier molecular flexibility index (Phi) is 5.93. The highest BCUT2D eigenvalue weighted by atomic mass is 32.2. The van der Waals surface area contributed by atoms with Gasteiger partial charge in [0, 0.05) is 24.7 Å². The molecule has 0 amide bonds. The monoisotopic (exact) mass is 429 g/mol. The van der Waals surface area contributed by atoms with Gasteiger partial charge in [0.1, 0.15) is 0 Å². The number of para-hydroxylation sites is 1. The first-order chi connectivity index (χ1) is 14.1. The van der Waals surface area contributed by atoms with Gasteiger partial charge in [0.05, 0.1) is 25.4 Å². The summed E-state index contributed by atoms with van der Waals surface area (Å²) in [6.07, 6.45) is 2.17. The molecule has 2 heterocycles. The summed E-state index contributed by atoms with van der Waals surface area (Å²) in [7, 11) is 7.17. The van der Waals surface area contributed by atoms with Crippen molar-refractivity contribution in [2.45, 2.75) is 16.9 Å². The summed E-state index contributed by atoms with van der Waals surface area (Å²) in [6.45, 7) is 0. The number of aryl methyl sites for hydroxylation is 1. The summed E-state index contributed by atoms with van der Waals surface area (Å²) in [5.74, 6) is 4.36. The van der Waals surface area contributed by atoms with Crippen LogP contribution in [0.5, 0.6) is 17.2 Å². The molecule has 0 spiro atoms. The fraction of sp³-hybridized carbons (Fsp3) is 0.391. The molecule has 1 aliphatic rings. The van der Waals surface area contributed by atoms with Crippen molar-refractivity contribution in [3.63, 3.8) is 0 Å². The van der Waals surface area contributed by atoms with E-state index in [-0.39, 0.29) is 4.08 Å². The molecule has 3 aromatic rings. The molecule has 0 aliphatic carbocycles. The summed E-state index contributed by atoms with van der Waals surface area (Å²) in [5.41, 5.74) is 3.82. The molecule has 4 rings (SSSR count). The molecule has 1 saturated heterocycles. The van der Waals surface area contributed by atoms with Crippen molar-refractivity contribution < 1.29 is 14.2 Å². The molecule has 1 fully saturated rings. The van der Waals surface area contributed by atoms with E-state index in [0.29, 0.717) is 17.2 Å². The Morgan fingerprint density at radius 2 is 1.59 bits per heavy atom. The van der Waals surface area contributed by atoms with Crippen LogP contribution >= 0.6 is 23.5 Å². The second-order valence-electron chi connectivity index (χ2n) is 7.15. The van der Waals surface area contributed by atoms with Crippen LogP contribution in [0.15, 0.2) is 42.5 Å². The van der Waals surface area contributed by atoms with E-state index in [1.54, 1.807) is 21.3 Å². The molecule has 0 N–H and O–H groups in total. The lowest BCUT2D eigenvalue weighted by molar-refractivity contribution is 0.323. The topological polar surface area (TPSA) is 32.6 Å². The van der Waals surface area contributed by atoms with Crippen LogP contribution < -0.4 is 14.2 Å². The molecule has 29 heavy (non-hydrogen) atoms. The molecule has 0 unspecified atom stereocenters. The summed E-state index contributed by atoms with van der Waals surface area (Å²) >= 11 is 4.05. The summed E-state index contributed by atoms with van der Waals surface area (Å²) < 4.78 is 19.1. The lowest BCUT2D eigenvalue weighted by Gasteiger charge is -2.37. The number of benzene rings is 2. The SMILES string of the molecule is COc1cc(C2(Cc3cc4ccccc4n3C)SCCCS2)cc(OC)c1OC. The van der Waals surface area contributed by atoms with Crippen molar-refractivity contribution in [1.82, 2.24) is 4.57 Å². The molecule has 154 valence electrons. The van der Waals surface area contributed by atoms with Gasteiger partial charge in [0.2, 0.25) is 5.75 Å². The maximum atomic E-state index is 5.65. The van der Waals surface area contributed by atoms with Gasteiger partial charge in [-0.25, -0.2) is 0 Å². The molecule has 0 radical (unpaired) electrons. The first kappa shape index (κ1) is 20.4. The molecule has 0 atom stereocenters. The van der Waals surface area contributed by atoms with Gasteiger partial charge in [-0.15, -0.1) is 23.5 Å². The Hall–Kier alpha value is -1.92. The van der Waals surface area contributed by atoms with Crippen LogP contribution in [-0.4, -0.2) is 37.4 Å². The first-order valence-corrected chi connectivity index (χ1v) is 11.7. The fourth-order valence-corrected chi connectivity index (χ4v) is 7.32. The van der Waals surface area contributed by atoms with Gasteiger partial charge >= 0.3 is 0 Å². The van der Waals surface area contributed by atoms with E-state index >= 15 is 0 Å². The zero-order valence-electron chi connectivity index (χ0n) is 17.4. The molecule has 4 nitrogen and oxygen atoms in total. The minimum atomic E-state index is -0.0901. The lowest BCUT2D eigenvalue weighted by atomic mass is 10.0. The normalized spacial score (nSPS) is 16.0. The van der Waals surface area contributed by atoms with Gasteiger partial charge < -0.3 is 18.8 Å². The average molecular weight is 430 g/mol. The van der Waals surface area contributed by atoms with Gasteiger partial charge in [-0.1, -0.05) is 18.2 Å². The van der Waals surface area contributed by atoms with Crippen LogP contribution in [0.3, 0.4) is 0 Å². The maximum Gasteiger partial charge on any atom is 0.203 e. The van der Waals surface area contributed by atoms with Crippen molar-refractivity contribution in [2.24, 2.45) is 7.05 Å². The lowest BCUT2D eigenvalue weighted by Crippen LogP contribution is -2.26. The highest BCUT2D eigenvalue weighted by Crippen LogP contribution is 2.55. The molecule has 0 saturated carbocycles. The molecule has 6 heteroatoms. The molecule has 1 aromatic heterocycles. The van der Waals surface area contributed by atoms with Gasteiger partial charge in [0.15, 0.2) is 11.5 Å². The van der Waals surface area contributed by atoms with E-state index in [1.165, 1.54) is 28.6 Å². The number of ether oxygens (including phenoxy) is 3. The van der Waals surface area contributed by atoms with Crippen molar-refractivity contribution in [3.05, 3.63) is 53.7 Å². The highest BCUT2D eigenvalue weighted by Gasteiger charge is 2.38. The Morgan fingerprint density at radius 3 is 2.17 bits per heavy atom. The van der Waals surface area contributed by atoms with Crippen LogP contribution in [0.2, 0.25) is 0 Å². The van der Waals surface area contributed by atoms with Gasteiger partial charge in [-0.3, -0.25) is 0 Å². The van der Waals surface area contributed by atoms with E-state index in [1.807, 2.05) is 23.5 Å². The molecule has 2 aromatic carbocycles. The predicted molar refractivity (Wildman–Crippen MR) is 124 cm³/mol. The van der Waals surface area contributed by atoms with Crippen LogP contribution in [0.4, 0.5) is 0 Å². The minimum Gasteiger partial charge on any atom is -0.493 e. The second kappa shape index (κ2) is 8.44. The quantitative estimate of drug-likeness (QED) is 0.519. The van der Waals surface area contributed by atoms with Crippen LogP contribution in [0, 0.1) is 0 Å². The Morgan fingerprint density at radius 1 is 0.931 bits per heavy atom. The third-order valence-corrected chi connectivity index (χ3v) is 8.91. The van der Waals surface area contributed by atoms with Gasteiger partial charge in [-0.05, 0) is 53.1 Å². The fourth-order valence-electron chi connectivity index (χ4n) is 4.00. The second-order valence-corrected chi connectivity index (χ2v) is 10.2. The van der Waals surface area contributed by atoms with Crippen molar-refractivity contribution in [3.8, 4) is 17.2 Å². The molecule has 0 bridgehead atoms. The smallest absolute Gasteiger partial charge is 0.203 e. The van der Waals surface area contributed by atoms with E-state index in [4.69, 9.17) is 14.2 Å². The Balaban J connectivity index is 1.82. The average Bonchev–Trinajstić information content (AvgIpc) is 3.08. The van der Waals surface area contributed by atoms with Gasteiger partial charge in [-0.2, -0.15) is 0 Å². The Bertz CT molecular complexity index is 984. The van der Waals surface area contributed by atoms with Gasteiger partial charge in [0.25, 0.3) is 0 Å². The van der Waals surface area contributed by atoms with Crippen molar-refractivity contribution >= 4 is 34.4 Å². The molecular formula is C23H27NO3S2. The van der Waals surface area contributed by atoms with E-state index in [2.05, 4.69) is 54.1 Å². The predicted octanol–water partition coefficient (Wildman–Crippen LogP) is 5.47. The molecular weight excluding hydrogens is 402 g/mol. The number of fused-ring (bicyclic) bond motifs is 1. The maximum absolute atomic E-state index is 5.65. The standard InChI is InChI=1S/C23H27NO3S2/c1-24-18(12-16-8-5-6-9-19(16)24)15-23(28-10-7-11-29-23)17-13-20(25-2)22(27-4)21(14-17)26-3/h5-6,8-9,12-14H,7,10-11,15H2,1-4H3. The number of aromatic nitrogens is 1. The van der Waals surface area contributed by atoms with E-state index in [0.717, 1.165) is 17.9 Å². The highest BCUT2D eigenvalue weighted by molar-refractivity contribution is 8.18. The number of methoxy groups -OCH3 is 3. The molecule has 1 aliphatic heterocycles. The third kappa shape index (κ3) is 3.68. The van der Waals surface area contributed by atoms with Crippen molar-refractivity contribution in [1.29, 1.82) is 0 Å². The van der Waals surface area contributed by atoms with E-state index < -0.39 is 0 Å². The zero-order valence-corrected chi connectivity index (χ0v) is 19.0. The zero-order chi connectivity index (χ0) is 20.4. The van der Waals surface area contributed by atoms with Crippen molar-refractivity contribution in [2.75, 3.05) is 32.8 Å². The summed E-state index contributed by atoms with van der Waals surface area (Å²) in [4.78, 5) is 0. The van der Waals surface area contributed by atoms with E-state index in [9.17, 15) is 0 Å². The number of rotatable bonds is 6. The minimum absolute atomic E-state index is 0.0901. The summed E-state index contributed by atoms with van der Waals surface area (Å²) in [5, 5.41) is 1.29. The number of hydrogen-bond acceptors (Lipinski definition) is 5. The largest absolute Gasteiger partial charge is 0.493 e. The number of thioether (sulfide) groups is 2. The Labute approximate surface area is 180 Å². The third-order valence-electron chi connectivity index (χ3n) is 5.53. The first-order valence-electron chi connectivity index (χ1n) is 9.73. The number of nitrogens with zero attached hydrogens (tertiary/aromatic N) is 1. The number of hydrogen-bond donors (Lipinski definition) is 0. The van der Waals surface area contributed by atoms with Crippen LogP contribution in [0.1, 0.15) is 17.7 Å².